The second-order valence-corrected chi connectivity index (χ2v) is 8.35. The molecule has 34 heavy (non-hydrogen) atoms. The number of aryl methyl sites for hydroxylation is 1. The number of aromatic nitrogens is 3. The number of likely N-dealkylation sites (N-methyl/N-ethyl adjacent to an activating group) is 1. The number of anilines is 6. The molecule has 2 aliphatic rings. The Morgan fingerprint density at radius 2 is 1.85 bits per heavy atom. The molecule has 2 aliphatic heterocycles. The van der Waals surface area contributed by atoms with Gasteiger partial charge in [0.15, 0.2) is 6.61 Å². The molecule has 10 heteroatoms. The van der Waals surface area contributed by atoms with E-state index in [2.05, 4.69) is 47.6 Å². The molecule has 0 radical (unpaired) electrons. The molecule has 1 fully saturated rings. The second kappa shape index (κ2) is 9.52. The smallest absolute Gasteiger partial charge is 0.262 e. The van der Waals surface area contributed by atoms with E-state index >= 15 is 0 Å². The number of carbonyl (C=O) groups excluding carboxylic acids is 1. The zero-order valence-corrected chi connectivity index (χ0v) is 19.3. The lowest BCUT2D eigenvalue weighted by Crippen LogP contribution is -2.46. The Labute approximate surface area is 198 Å². The fourth-order valence-corrected chi connectivity index (χ4v) is 4.00. The molecule has 0 unspecified atom stereocenters. The Bertz CT molecular complexity index is 1180. The Kier molecular flexibility index (Phi) is 6.13. The highest BCUT2D eigenvalue weighted by molar-refractivity contribution is 5.96. The topological polar surface area (TPSA) is 108 Å². The van der Waals surface area contributed by atoms with Crippen molar-refractivity contribution in [3.63, 3.8) is 0 Å². The Morgan fingerprint density at radius 1 is 1.03 bits per heavy atom. The minimum absolute atomic E-state index is 0.0329. The number of hydrogen-bond acceptors (Lipinski definition) is 9. The Hall–Kier alpha value is -3.92. The standard InChI is InChI=1S/C24H28N8O2/c1-3-31-8-10-32(11-9-31)21-7-5-18(14-25-21)28-24-26-13-16(2)23(30-24)27-17-4-6-20-19(12-17)29-22(33)15-34-20/h4-7,12-14H,3,8-11,15H2,1-2H3,(H,29,33)(H2,26,27,28,30). The van der Waals surface area contributed by atoms with Crippen molar-refractivity contribution >= 4 is 40.6 Å². The highest BCUT2D eigenvalue weighted by Crippen LogP contribution is 2.32. The lowest BCUT2D eigenvalue weighted by Gasteiger charge is -2.34. The van der Waals surface area contributed by atoms with Crippen molar-refractivity contribution < 1.29 is 9.53 Å². The number of hydrogen-bond donors (Lipinski definition) is 3. The lowest BCUT2D eigenvalue weighted by molar-refractivity contribution is -0.118. The SMILES string of the molecule is CCN1CCN(c2ccc(Nc3ncc(C)c(Nc4ccc5c(c4)NC(=O)CO5)n3)cn2)CC1. The van der Waals surface area contributed by atoms with Gasteiger partial charge in [-0.15, -0.1) is 0 Å². The third kappa shape index (κ3) is 4.86. The molecule has 0 bridgehead atoms. The highest BCUT2D eigenvalue weighted by atomic mass is 16.5. The maximum Gasteiger partial charge on any atom is 0.262 e. The van der Waals surface area contributed by atoms with Gasteiger partial charge in [0, 0.05) is 43.6 Å². The summed E-state index contributed by atoms with van der Waals surface area (Å²) in [6, 6.07) is 9.55. The molecule has 0 saturated carbocycles. The van der Waals surface area contributed by atoms with Crippen molar-refractivity contribution in [3.05, 3.63) is 48.3 Å². The van der Waals surface area contributed by atoms with Crippen LogP contribution in [0.15, 0.2) is 42.7 Å². The van der Waals surface area contributed by atoms with Gasteiger partial charge in [0.2, 0.25) is 5.95 Å². The van der Waals surface area contributed by atoms with Crippen molar-refractivity contribution in [1.29, 1.82) is 0 Å². The molecule has 5 rings (SSSR count). The summed E-state index contributed by atoms with van der Waals surface area (Å²) in [6.45, 7) is 9.36. The Morgan fingerprint density at radius 3 is 2.62 bits per heavy atom. The average molecular weight is 461 g/mol. The zero-order valence-electron chi connectivity index (χ0n) is 19.3. The molecule has 0 spiro atoms. The fourth-order valence-electron chi connectivity index (χ4n) is 4.00. The summed E-state index contributed by atoms with van der Waals surface area (Å²) >= 11 is 0. The van der Waals surface area contributed by atoms with Gasteiger partial charge >= 0.3 is 0 Å². The van der Waals surface area contributed by atoms with Crippen LogP contribution in [0.5, 0.6) is 5.75 Å². The van der Waals surface area contributed by atoms with Crippen molar-refractivity contribution in [1.82, 2.24) is 19.9 Å². The van der Waals surface area contributed by atoms with E-state index in [0.29, 0.717) is 23.2 Å². The van der Waals surface area contributed by atoms with Crippen LogP contribution in [-0.4, -0.2) is 65.1 Å². The van der Waals surface area contributed by atoms with Crippen molar-refractivity contribution in [2.45, 2.75) is 13.8 Å². The number of rotatable bonds is 6. The minimum atomic E-state index is -0.169. The van der Waals surface area contributed by atoms with Gasteiger partial charge < -0.3 is 30.5 Å². The summed E-state index contributed by atoms with van der Waals surface area (Å²) in [7, 11) is 0. The van der Waals surface area contributed by atoms with E-state index in [4.69, 9.17) is 4.74 Å². The van der Waals surface area contributed by atoms with E-state index < -0.39 is 0 Å². The molecule has 4 heterocycles. The first-order valence-corrected chi connectivity index (χ1v) is 11.4. The highest BCUT2D eigenvalue weighted by Gasteiger charge is 2.18. The molecule has 1 saturated heterocycles. The number of pyridine rings is 1. The largest absolute Gasteiger partial charge is 0.482 e. The summed E-state index contributed by atoms with van der Waals surface area (Å²) in [6.07, 6.45) is 3.57. The summed E-state index contributed by atoms with van der Waals surface area (Å²) in [5.41, 5.74) is 3.13. The molecule has 3 N–H and O–H groups in total. The average Bonchev–Trinajstić information content (AvgIpc) is 2.86. The molecule has 176 valence electrons. The zero-order chi connectivity index (χ0) is 23.5. The number of nitrogens with one attached hydrogen (secondary N) is 3. The number of piperazine rings is 1. The summed E-state index contributed by atoms with van der Waals surface area (Å²) < 4.78 is 5.42. The first-order chi connectivity index (χ1) is 16.6. The third-order valence-electron chi connectivity index (χ3n) is 5.99. The van der Waals surface area contributed by atoms with Gasteiger partial charge in [-0.05, 0) is 43.8 Å². The predicted molar refractivity (Wildman–Crippen MR) is 132 cm³/mol. The molecule has 0 aliphatic carbocycles. The van der Waals surface area contributed by atoms with Crippen molar-refractivity contribution in [2.24, 2.45) is 0 Å². The first kappa shape index (κ1) is 21.9. The van der Waals surface area contributed by atoms with Crippen LogP contribution in [0, 0.1) is 6.92 Å². The molecular formula is C24H28N8O2. The van der Waals surface area contributed by atoms with E-state index in [1.54, 1.807) is 6.20 Å². The van der Waals surface area contributed by atoms with Crippen LogP contribution in [-0.2, 0) is 4.79 Å². The maximum absolute atomic E-state index is 11.6. The van der Waals surface area contributed by atoms with Gasteiger partial charge in [-0.2, -0.15) is 4.98 Å². The van der Waals surface area contributed by atoms with Gasteiger partial charge in [-0.3, -0.25) is 4.79 Å². The minimum Gasteiger partial charge on any atom is -0.482 e. The molecule has 2 aromatic heterocycles. The van der Waals surface area contributed by atoms with Gasteiger partial charge in [0.05, 0.1) is 17.6 Å². The monoisotopic (exact) mass is 460 g/mol. The molecule has 0 atom stereocenters. The van der Waals surface area contributed by atoms with Gasteiger partial charge in [0.25, 0.3) is 5.91 Å². The summed E-state index contributed by atoms with van der Waals surface area (Å²) in [4.78, 5) is 30.0. The third-order valence-corrected chi connectivity index (χ3v) is 5.99. The summed E-state index contributed by atoms with van der Waals surface area (Å²) in [5, 5.41) is 9.35. The van der Waals surface area contributed by atoms with Crippen molar-refractivity contribution in [3.8, 4) is 5.75 Å². The van der Waals surface area contributed by atoms with Gasteiger partial charge in [0.1, 0.15) is 17.4 Å². The molecule has 3 aromatic rings. The number of fused-ring (bicyclic) bond motifs is 1. The quantitative estimate of drug-likeness (QED) is 0.511. The van der Waals surface area contributed by atoms with E-state index in [0.717, 1.165) is 55.5 Å². The van der Waals surface area contributed by atoms with Gasteiger partial charge in [-0.1, -0.05) is 6.92 Å². The number of benzene rings is 1. The van der Waals surface area contributed by atoms with Crippen LogP contribution in [0.2, 0.25) is 0 Å². The van der Waals surface area contributed by atoms with E-state index in [1.807, 2.05) is 43.5 Å². The van der Waals surface area contributed by atoms with Crippen LogP contribution in [0.3, 0.4) is 0 Å². The lowest BCUT2D eigenvalue weighted by atomic mass is 10.2. The second-order valence-electron chi connectivity index (χ2n) is 8.35. The van der Waals surface area contributed by atoms with E-state index in [-0.39, 0.29) is 12.5 Å². The Balaban J connectivity index is 1.26. The molecule has 1 aromatic carbocycles. The first-order valence-electron chi connectivity index (χ1n) is 11.4. The number of ether oxygens (including phenoxy) is 1. The van der Waals surface area contributed by atoms with E-state index in [1.165, 1.54) is 0 Å². The van der Waals surface area contributed by atoms with Gasteiger partial charge in [-0.25, -0.2) is 9.97 Å². The summed E-state index contributed by atoms with van der Waals surface area (Å²) in [5.74, 6) is 2.59. The van der Waals surface area contributed by atoms with Crippen LogP contribution in [0.25, 0.3) is 0 Å². The van der Waals surface area contributed by atoms with Crippen LogP contribution < -0.4 is 25.6 Å². The van der Waals surface area contributed by atoms with Crippen LogP contribution in [0.4, 0.5) is 34.6 Å². The van der Waals surface area contributed by atoms with Crippen molar-refractivity contribution in [2.75, 3.05) is 60.2 Å². The van der Waals surface area contributed by atoms with Crippen LogP contribution in [0.1, 0.15) is 12.5 Å². The number of nitrogens with zero attached hydrogens (tertiary/aromatic N) is 5. The van der Waals surface area contributed by atoms with Crippen LogP contribution >= 0.6 is 0 Å². The fraction of sp³-hybridized carbons (Fsp3) is 0.333. The normalized spacial score (nSPS) is 15.8. The number of amides is 1. The molecule has 1 amide bonds. The predicted octanol–water partition coefficient (Wildman–Crippen LogP) is 3.14. The molecule has 10 nitrogen and oxygen atoms in total. The molecular weight excluding hydrogens is 432 g/mol. The maximum atomic E-state index is 11.6. The van der Waals surface area contributed by atoms with E-state index in [9.17, 15) is 4.79 Å². The number of carbonyl (C=O) groups is 1.